The Kier molecular flexibility index (Phi) is 8.08. The van der Waals surface area contributed by atoms with E-state index in [1.165, 1.54) is 23.3 Å². The molecule has 1 fully saturated rings. The van der Waals surface area contributed by atoms with Crippen LogP contribution in [0.4, 0.5) is 16.4 Å². The Hall–Kier alpha value is -4.54. The smallest absolute Gasteiger partial charge is 0.351 e. The van der Waals surface area contributed by atoms with Crippen LogP contribution < -0.4 is 19.7 Å². The number of carbonyl (C=O) groups is 3. The van der Waals surface area contributed by atoms with Gasteiger partial charge in [-0.1, -0.05) is 41.9 Å². The second-order valence-electron chi connectivity index (χ2n) is 11.6. The van der Waals surface area contributed by atoms with Crippen molar-refractivity contribution in [2.24, 2.45) is 0 Å². The number of thiophene rings is 1. The van der Waals surface area contributed by atoms with Gasteiger partial charge in [-0.3, -0.25) is 14.5 Å². The first-order valence-electron chi connectivity index (χ1n) is 15.2. The van der Waals surface area contributed by atoms with Gasteiger partial charge in [0.2, 0.25) is 0 Å². The Balaban J connectivity index is 1.05. The van der Waals surface area contributed by atoms with E-state index in [2.05, 4.69) is 10.2 Å². The number of imide groups is 1. The summed E-state index contributed by atoms with van der Waals surface area (Å²) in [5.41, 5.74) is 3.66. The zero-order valence-corrected chi connectivity index (χ0v) is 26.9. The van der Waals surface area contributed by atoms with Gasteiger partial charge in [-0.15, -0.1) is 11.3 Å². The molecule has 4 aromatic rings. The van der Waals surface area contributed by atoms with E-state index < -0.39 is 12.1 Å². The van der Waals surface area contributed by atoms with Crippen molar-refractivity contribution in [3.63, 3.8) is 0 Å². The molecule has 2 amide bonds. The third-order valence-electron chi connectivity index (χ3n) is 8.79. The van der Waals surface area contributed by atoms with E-state index in [0.29, 0.717) is 46.3 Å². The lowest BCUT2D eigenvalue weighted by molar-refractivity contribution is 0.0477. The quantitative estimate of drug-likeness (QED) is 0.151. The van der Waals surface area contributed by atoms with E-state index >= 15 is 0 Å². The minimum atomic E-state index is -0.473. The van der Waals surface area contributed by atoms with Crippen LogP contribution in [0.15, 0.2) is 72.8 Å². The number of hydrogen-bond acceptors (Lipinski definition) is 9. The molecular weight excluding hydrogens is 626 g/mol. The summed E-state index contributed by atoms with van der Waals surface area (Å²) in [4.78, 5) is 42.6. The van der Waals surface area contributed by atoms with E-state index in [4.69, 9.17) is 25.8 Å². The van der Waals surface area contributed by atoms with Gasteiger partial charge in [0.1, 0.15) is 22.6 Å². The van der Waals surface area contributed by atoms with Crippen molar-refractivity contribution in [1.29, 1.82) is 0 Å². The molecule has 1 N–H and O–H groups in total. The maximum absolute atomic E-state index is 13.0. The monoisotopic (exact) mass is 657 g/mol. The number of rotatable bonds is 8. The van der Waals surface area contributed by atoms with Crippen molar-refractivity contribution in [3.8, 4) is 11.5 Å². The molecule has 1 aliphatic carbocycles. The van der Waals surface area contributed by atoms with E-state index in [1.807, 2.05) is 55.5 Å². The van der Waals surface area contributed by atoms with Crippen molar-refractivity contribution >= 4 is 57.1 Å². The standard InChI is InChI=1S/C35H32ClN3O6S/c1-20(24-7-5-6-10-27(24)36)44-30-18-31(46-32(30)35(42)43-2)38-19-37-28-16-15-23(17-29(28)38)45-22-13-11-21(12-14-22)39-33(40)25-8-3-4-9-26(25)34(39)41/h3-10,15-18,20-22,37H,11-14,19H2,1-2H3/t20-,21-,22+/m1/s1. The Morgan fingerprint density at radius 1 is 0.957 bits per heavy atom. The lowest BCUT2D eigenvalue weighted by atomic mass is 9.91. The molecule has 9 nitrogen and oxygen atoms in total. The summed E-state index contributed by atoms with van der Waals surface area (Å²) >= 11 is 7.70. The summed E-state index contributed by atoms with van der Waals surface area (Å²) in [6, 6.07) is 22.1. The van der Waals surface area contributed by atoms with E-state index in [0.717, 1.165) is 40.5 Å². The van der Waals surface area contributed by atoms with Crippen LogP contribution in [-0.4, -0.2) is 48.6 Å². The number of carbonyl (C=O) groups excluding carboxylic acids is 3. The number of halogens is 1. The summed E-state index contributed by atoms with van der Waals surface area (Å²) in [7, 11) is 1.35. The van der Waals surface area contributed by atoms with Gasteiger partial charge in [-0.2, -0.15) is 0 Å². The molecule has 3 heterocycles. The van der Waals surface area contributed by atoms with Gasteiger partial charge in [-0.25, -0.2) is 4.79 Å². The molecule has 1 aromatic heterocycles. The number of anilines is 3. The minimum absolute atomic E-state index is 0.0359. The average molecular weight is 658 g/mol. The lowest BCUT2D eigenvalue weighted by Crippen LogP contribution is -2.43. The molecule has 0 radical (unpaired) electrons. The third-order valence-corrected chi connectivity index (χ3v) is 10.3. The van der Waals surface area contributed by atoms with Gasteiger partial charge in [0.25, 0.3) is 11.8 Å². The van der Waals surface area contributed by atoms with Crippen molar-refractivity contribution < 1.29 is 28.6 Å². The molecule has 0 unspecified atom stereocenters. The molecule has 1 atom stereocenters. The molecule has 7 rings (SSSR count). The molecule has 3 aliphatic rings. The highest BCUT2D eigenvalue weighted by atomic mass is 35.5. The summed E-state index contributed by atoms with van der Waals surface area (Å²) in [6.45, 7) is 2.40. The van der Waals surface area contributed by atoms with Gasteiger partial charge in [0, 0.05) is 28.8 Å². The zero-order valence-electron chi connectivity index (χ0n) is 25.3. The van der Waals surface area contributed by atoms with E-state index in [-0.39, 0.29) is 24.0 Å². The number of ether oxygens (including phenoxy) is 3. The first-order valence-corrected chi connectivity index (χ1v) is 16.4. The fourth-order valence-corrected chi connectivity index (χ4v) is 7.74. The highest BCUT2D eigenvalue weighted by Gasteiger charge is 2.41. The van der Waals surface area contributed by atoms with Crippen LogP contribution in [0, 0.1) is 0 Å². The lowest BCUT2D eigenvalue weighted by Gasteiger charge is -2.33. The van der Waals surface area contributed by atoms with Gasteiger partial charge >= 0.3 is 5.97 Å². The van der Waals surface area contributed by atoms with Crippen LogP contribution in [0.1, 0.15) is 74.7 Å². The number of nitrogens with zero attached hydrogens (tertiary/aromatic N) is 2. The van der Waals surface area contributed by atoms with Crippen molar-refractivity contribution in [2.75, 3.05) is 24.0 Å². The summed E-state index contributed by atoms with van der Waals surface area (Å²) in [6.07, 6.45) is 2.41. The number of nitrogens with one attached hydrogen (secondary N) is 1. The number of methoxy groups -OCH3 is 1. The number of benzene rings is 3. The van der Waals surface area contributed by atoms with Crippen molar-refractivity contribution in [3.05, 3.63) is 99.4 Å². The molecule has 11 heteroatoms. The first kappa shape index (κ1) is 30.1. The van der Waals surface area contributed by atoms with Crippen LogP contribution in [-0.2, 0) is 4.74 Å². The molecular formula is C35H32ClN3O6S. The molecule has 2 aliphatic heterocycles. The van der Waals surface area contributed by atoms with Gasteiger partial charge in [0.15, 0.2) is 4.88 Å². The molecule has 0 saturated heterocycles. The Morgan fingerprint density at radius 2 is 1.65 bits per heavy atom. The maximum Gasteiger partial charge on any atom is 0.351 e. The Labute approximate surface area is 275 Å². The highest BCUT2D eigenvalue weighted by Crippen LogP contribution is 2.46. The van der Waals surface area contributed by atoms with Crippen molar-refractivity contribution in [2.45, 2.75) is 50.9 Å². The Morgan fingerprint density at radius 3 is 2.35 bits per heavy atom. The van der Waals surface area contributed by atoms with Crippen LogP contribution in [0.2, 0.25) is 5.02 Å². The normalized spacial score (nSPS) is 19.4. The predicted octanol–water partition coefficient (Wildman–Crippen LogP) is 7.84. The molecule has 46 heavy (non-hydrogen) atoms. The van der Waals surface area contributed by atoms with E-state index in [1.54, 1.807) is 24.3 Å². The molecule has 0 bridgehead atoms. The fraction of sp³-hybridized carbons (Fsp3) is 0.286. The number of hydrogen-bond donors (Lipinski definition) is 1. The highest BCUT2D eigenvalue weighted by molar-refractivity contribution is 7.18. The first-order chi connectivity index (χ1) is 22.3. The van der Waals surface area contributed by atoms with Gasteiger partial charge in [-0.05, 0) is 62.9 Å². The van der Waals surface area contributed by atoms with E-state index in [9.17, 15) is 14.4 Å². The second-order valence-corrected chi connectivity index (χ2v) is 13.0. The summed E-state index contributed by atoms with van der Waals surface area (Å²) < 4.78 is 17.8. The largest absolute Gasteiger partial charge is 0.490 e. The molecule has 3 aromatic carbocycles. The van der Waals surface area contributed by atoms with Gasteiger partial charge < -0.3 is 24.4 Å². The Bertz CT molecular complexity index is 1800. The zero-order chi connectivity index (χ0) is 31.9. The van der Waals surface area contributed by atoms with Crippen LogP contribution in [0.5, 0.6) is 11.5 Å². The van der Waals surface area contributed by atoms with Crippen LogP contribution >= 0.6 is 22.9 Å². The minimum Gasteiger partial charge on any atom is -0.490 e. The molecule has 236 valence electrons. The predicted molar refractivity (Wildman–Crippen MR) is 177 cm³/mol. The fourth-order valence-electron chi connectivity index (χ4n) is 6.43. The number of amides is 2. The third kappa shape index (κ3) is 5.45. The summed E-state index contributed by atoms with van der Waals surface area (Å²) in [5.74, 6) is 0.276. The van der Waals surface area contributed by atoms with Crippen molar-refractivity contribution in [1.82, 2.24) is 4.90 Å². The average Bonchev–Trinajstić information content (AvgIpc) is 3.75. The van der Waals surface area contributed by atoms with Gasteiger partial charge in [0.05, 0.1) is 42.4 Å². The summed E-state index contributed by atoms with van der Waals surface area (Å²) in [5, 5.41) is 4.81. The number of fused-ring (bicyclic) bond motifs is 2. The van der Waals surface area contributed by atoms with Crippen LogP contribution in [0.25, 0.3) is 0 Å². The number of esters is 1. The second kappa shape index (κ2) is 12.3. The topological polar surface area (TPSA) is 97.4 Å². The molecule has 1 saturated carbocycles. The van der Waals surface area contributed by atoms with Crippen LogP contribution in [0.3, 0.4) is 0 Å². The maximum atomic E-state index is 13.0. The SMILES string of the molecule is COC(=O)c1sc(N2CNc3ccc(O[C@H]4CC[C@@H](N5C(=O)c6ccccc6C5=O)CC4)cc32)cc1O[C@H](C)c1ccccc1Cl. The molecule has 0 spiro atoms.